The van der Waals surface area contributed by atoms with Crippen LogP contribution in [0.2, 0.25) is 0 Å². The predicted octanol–water partition coefficient (Wildman–Crippen LogP) is 5.40. The van der Waals surface area contributed by atoms with E-state index in [1.54, 1.807) is 18.3 Å². The molecule has 5 rings (SSSR count). The van der Waals surface area contributed by atoms with Gasteiger partial charge in [0.1, 0.15) is 12.4 Å². The van der Waals surface area contributed by atoms with E-state index in [1.807, 2.05) is 78.9 Å². The molecule has 0 spiro atoms. The molecule has 33 heavy (non-hydrogen) atoms. The number of hydrogen-bond donors (Lipinski definition) is 1. The number of pyridine rings is 1. The molecule has 3 aromatic carbocycles. The summed E-state index contributed by atoms with van der Waals surface area (Å²) in [6.45, 7) is 0.859. The van der Waals surface area contributed by atoms with E-state index in [4.69, 9.17) is 9.15 Å². The lowest BCUT2D eigenvalue weighted by Crippen LogP contribution is -2.22. The maximum Gasteiger partial charge on any atom is 0.251 e. The smallest absolute Gasteiger partial charge is 0.251 e. The molecule has 0 atom stereocenters. The minimum absolute atomic E-state index is 0.158. The van der Waals surface area contributed by atoms with Crippen molar-refractivity contribution in [2.45, 2.75) is 13.2 Å². The molecule has 6 nitrogen and oxygen atoms in total. The standard InChI is InChI=1S/C27H21N3O3/c31-26(22-8-4-9-23(16-22)32-18-20-6-2-1-3-7-20)29-17-19-11-13-21(14-12-19)27-30-25-24(33-27)10-5-15-28-25/h1-16H,17-18H2,(H,29,31). The molecule has 0 aliphatic carbocycles. The summed E-state index contributed by atoms with van der Waals surface area (Å²) in [5.74, 6) is 1.02. The summed E-state index contributed by atoms with van der Waals surface area (Å²) in [5.41, 5.74) is 4.68. The Labute approximate surface area is 190 Å². The monoisotopic (exact) mass is 435 g/mol. The van der Waals surface area contributed by atoms with Crippen LogP contribution < -0.4 is 10.1 Å². The Balaban J connectivity index is 1.19. The van der Waals surface area contributed by atoms with Crippen LogP contribution in [0.4, 0.5) is 0 Å². The molecule has 0 fully saturated rings. The van der Waals surface area contributed by atoms with Crippen LogP contribution in [0.15, 0.2) is 102 Å². The van der Waals surface area contributed by atoms with Crippen LogP contribution in [-0.2, 0) is 13.2 Å². The zero-order valence-corrected chi connectivity index (χ0v) is 17.8. The van der Waals surface area contributed by atoms with Crippen molar-refractivity contribution in [2.75, 3.05) is 0 Å². The Hall–Kier alpha value is -4.45. The van der Waals surface area contributed by atoms with Gasteiger partial charge in [-0.3, -0.25) is 4.79 Å². The van der Waals surface area contributed by atoms with Gasteiger partial charge in [0.2, 0.25) is 5.89 Å². The highest BCUT2D eigenvalue weighted by Gasteiger charge is 2.10. The highest BCUT2D eigenvalue weighted by Crippen LogP contribution is 2.23. The number of nitrogens with zero attached hydrogens (tertiary/aromatic N) is 2. The molecule has 0 radical (unpaired) electrons. The van der Waals surface area contributed by atoms with Gasteiger partial charge in [0, 0.05) is 23.9 Å². The number of ether oxygens (including phenoxy) is 1. The van der Waals surface area contributed by atoms with Crippen molar-refractivity contribution in [1.29, 1.82) is 0 Å². The van der Waals surface area contributed by atoms with Crippen LogP contribution in [0.25, 0.3) is 22.7 Å². The number of benzene rings is 3. The molecule has 0 aliphatic rings. The Morgan fingerprint density at radius 1 is 0.879 bits per heavy atom. The van der Waals surface area contributed by atoms with Gasteiger partial charge in [-0.05, 0) is 53.6 Å². The van der Waals surface area contributed by atoms with Crippen molar-refractivity contribution >= 4 is 17.1 Å². The van der Waals surface area contributed by atoms with Crippen LogP contribution in [0.5, 0.6) is 5.75 Å². The molecular weight excluding hydrogens is 414 g/mol. The van der Waals surface area contributed by atoms with Crippen molar-refractivity contribution in [2.24, 2.45) is 0 Å². The second-order valence-corrected chi connectivity index (χ2v) is 7.53. The average molecular weight is 435 g/mol. The van der Waals surface area contributed by atoms with E-state index in [2.05, 4.69) is 15.3 Å². The van der Waals surface area contributed by atoms with Crippen molar-refractivity contribution in [1.82, 2.24) is 15.3 Å². The molecular formula is C27H21N3O3. The van der Waals surface area contributed by atoms with E-state index >= 15 is 0 Å². The summed E-state index contributed by atoms with van der Waals surface area (Å²) < 4.78 is 11.6. The summed E-state index contributed by atoms with van der Waals surface area (Å²) in [6.07, 6.45) is 1.69. The summed E-state index contributed by atoms with van der Waals surface area (Å²) in [5, 5.41) is 2.95. The van der Waals surface area contributed by atoms with Crippen LogP contribution in [0, 0.1) is 0 Å². The molecule has 6 heteroatoms. The van der Waals surface area contributed by atoms with Crippen LogP contribution in [-0.4, -0.2) is 15.9 Å². The van der Waals surface area contributed by atoms with Gasteiger partial charge in [-0.25, -0.2) is 4.98 Å². The number of nitrogens with one attached hydrogen (secondary N) is 1. The molecule has 2 heterocycles. The largest absolute Gasteiger partial charge is 0.489 e. The Morgan fingerprint density at radius 3 is 2.55 bits per heavy atom. The molecule has 162 valence electrons. The van der Waals surface area contributed by atoms with E-state index in [-0.39, 0.29) is 5.91 Å². The lowest BCUT2D eigenvalue weighted by Gasteiger charge is -2.09. The Kier molecular flexibility index (Phi) is 5.80. The maximum atomic E-state index is 12.6. The topological polar surface area (TPSA) is 77.3 Å². The summed E-state index contributed by atoms with van der Waals surface area (Å²) in [6, 6.07) is 28.5. The number of aromatic nitrogens is 2. The summed E-state index contributed by atoms with van der Waals surface area (Å²) in [4.78, 5) is 21.2. The van der Waals surface area contributed by atoms with Crippen molar-refractivity contribution in [3.63, 3.8) is 0 Å². The number of oxazole rings is 1. The van der Waals surface area contributed by atoms with Crippen molar-refractivity contribution < 1.29 is 13.9 Å². The maximum absolute atomic E-state index is 12.6. The minimum Gasteiger partial charge on any atom is -0.489 e. The second-order valence-electron chi connectivity index (χ2n) is 7.53. The average Bonchev–Trinajstić information content (AvgIpc) is 3.31. The Morgan fingerprint density at radius 2 is 1.73 bits per heavy atom. The SMILES string of the molecule is O=C(NCc1ccc(-c2nc3ncccc3o2)cc1)c1cccc(OCc2ccccc2)c1. The predicted molar refractivity (Wildman–Crippen MR) is 126 cm³/mol. The van der Waals surface area contributed by atoms with Crippen molar-refractivity contribution in [3.05, 3.63) is 114 Å². The fraction of sp³-hybridized carbons (Fsp3) is 0.0741. The first-order valence-corrected chi connectivity index (χ1v) is 10.6. The van der Waals surface area contributed by atoms with Gasteiger partial charge in [-0.1, -0.05) is 48.5 Å². The number of carbonyl (C=O) groups is 1. The van der Waals surface area contributed by atoms with Crippen molar-refractivity contribution in [3.8, 4) is 17.2 Å². The Bertz CT molecular complexity index is 1350. The van der Waals surface area contributed by atoms with Crippen LogP contribution >= 0.6 is 0 Å². The zero-order chi connectivity index (χ0) is 22.5. The van der Waals surface area contributed by atoms with Gasteiger partial charge in [0.05, 0.1) is 0 Å². The van der Waals surface area contributed by atoms with Gasteiger partial charge >= 0.3 is 0 Å². The first kappa shape index (κ1) is 20.5. The number of fused-ring (bicyclic) bond motifs is 1. The lowest BCUT2D eigenvalue weighted by molar-refractivity contribution is 0.0950. The van der Waals surface area contributed by atoms with Crippen LogP contribution in [0.1, 0.15) is 21.5 Å². The highest BCUT2D eigenvalue weighted by molar-refractivity contribution is 5.94. The first-order valence-electron chi connectivity index (χ1n) is 10.6. The van der Waals surface area contributed by atoms with Gasteiger partial charge in [-0.15, -0.1) is 0 Å². The molecule has 1 amide bonds. The summed E-state index contributed by atoms with van der Waals surface area (Å²) in [7, 11) is 0. The number of carbonyl (C=O) groups excluding carboxylic acids is 1. The molecule has 5 aromatic rings. The third-order valence-electron chi connectivity index (χ3n) is 5.16. The highest BCUT2D eigenvalue weighted by atomic mass is 16.5. The van der Waals surface area contributed by atoms with E-state index in [9.17, 15) is 4.79 Å². The molecule has 2 aromatic heterocycles. The van der Waals surface area contributed by atoms with Gasteiger partial charge in [0.15, 0.2) is 11.2 Å². The zero-order valence-electron chi connectivity index (χ0n) is 17.8. The molecule has 1 N–H and O–H groups in total. The first-order chi connectivity index (χ1) is 16.2. The number of amides is 1. The second kappa shape index (κ2) is 9.36. The quantitative estimate of drug-likeness (QED) is 0.370. The van der Waals surface area contributed by atoms with E-state index < -0.39 is 0 Å². The van der Waals surface area contributed by atoms with Gasteiger partial charge in [-0.2, -0.15) is 4.98 Å². The van der Waals surface area contributed by atoms with Gasteiger partial charge < -0.3 is 14.5 Å². The minimum atomic E-state index is -0.158. The normalized spacial score (nSPS) is 10.8. The molecule has 0 saturated carbocycles. The third kappa shape index (κ3) is 4.91. The third-order valence-corrected chi connectivity index (χ3v) is 5.16. The lowest BCUT2D eigenvalue weighted by atomic mass is 10.1. The molecule has 0 unspecified atom stereocenters. The van der Waals surface area contributed by atoms with E-state index in [0.29, 0.717) is 41.6 Å². The van der Waals surface area contributed by atoms with Gasteiger partial charge in [0.25, 0.3) is 5.91 Å². The fourth-order valence-electron chi connectivity index (χ4n) is 3.41. The molecule has 0 bridgehead atoms. The summed E-state index contributed by atoms with van der Waals surface area (Å²) >= 11 is 0. The molecule has 0 saturated heterocycles. The van der Waals surface area contributed by atoms with Crippen LogP contribution in [0.3, 0.4) is 0 Å². The fourth-order valence-corrected chi connectivity index (χ4v) is 3.41. The van der Waals surface area contributed by atoms with E-state index in [1.165, 1.54) is 0 Å². The van der Waals surface area contributed by atoms with E-state index in [0.717, 1.165) is 16.7 Å². The number of rotatable bonds is 7. The molecule has 0 aliphatic heterocycles. The number of hydrogen-bond acceptors (Lipinski definition) is 5.